The maximum Gasteiger partial charge on any atom is 0.416 e. The monoisotopic (exact) mass is 404 g/mol. The van der Waals surface area contributed by atoms with Gasteiger partial charge in [-0.3, -0.25) is 4.79 Å². The minimum Gasteiger partial charge on any atom is -0.289 e. The lowest BCUT2D eigenvalue weighted by Crippen LogP contribution is -2.12. The maximum absolute atomic E-state index is 13.6. The van der Waals surface area contributed by atoms with Crippen LogP contribution in [0.4, 0.5) is 22.0 Å². The molecular formula is C23H17F5O. The van der Waals surface area contributed by atoms with Crippen LogP contribution in [0.25, 0.3) is 11.1 Å². The summed E-state index contributed by atoms with van der Waals surface area (Å²) < 4.78 is 67.6. The number of rotatable bonds is 3. The standard InChI is InChI=1S/C23H17F5O/c1-12-4-5-18(13(2)6-12)19-11-21(23(26,27)28)14(3)7-20(19)22(29)15-8-16(24)10-17(25)9-15/h4-11H,1-3H3. The molecule has 3 aromatic carbocycles. The lowest BCUT2D eigenvalue weighted by Gasteiger charge is -2.18. The number of alkyl halides is 3. The number of ketones is 1. The summed E-state index contributed by atoms with van der Waals surface area (Å²) in [5.41, 5.74) is 0.771. The minimum absolute atomic E-state index is 0.0487. The van der Waals surface area contributed by atoms with Crippen LogP contribution in [0, 0.1) is 32.4 Å². The summed E-state index contributed by atoms with van der Waals surface area (Å²) in [5.74, 6) is -2.63. The highest BCUT2D eigenvalue weighted by Gasteiger charge is 2.34. The average molecular weight is 404 g/mol. The van der Waals surface area contributed by atoms with Gasteiger partial charge in [0.2, 0.25) is 0 Å². The van der Waals surface area contributed by atoms with Gasteiger partial charge in [0.1, 0.15) is 11.6 Å². The molecule has 0 radical (unpaired) electrons. The molecule has 29 heavy (non-hydrogen) atoms. The molecule has 0 N–H and O–H groups in total. The highest BCUT2D eigenvalue weighted by atomic mass is 19.4. The molecule has 0 aliphatic rings. The largest absolute Gasteiger partial charge is 0.416 e. The second-order valence-corrected chi connectivity index (χ2v) is 7.02. The summed E-state index contributed by atoms with van der Waals surface area (Å²) in [7, 11) is 0. The van der Waals surface area contributed by atoms with E-state index in [1.165, 1.54) is 6.92 Å². The topological polar surface area (TPSA) is 17.1 Å². The van der Waals surface area contributed by atoms with Gasteiger partial charge in [-0.25, -0.2) is 8.78 Å². The number of carbonyl (C=O) groups excluding carboxylic acids is 1. The Morgan fingerprint density at radius 3 is 1.93 bits per heavy atom. The SMILES string of the molecule is Cc1ccc(-c2cc(C(F)(F)F)c(C)cc2C(=O)c2cc(F)cc(F)c2)c(C)c1. The van der Waals surface area contributed by atoms with Gasteiger partial charge in [-0.05, 0) is 67.3 Å². The predicted octanol–water partition coefficient (Wildman–Crippen LogP) is 6.81. The van der Waals surface area contributed by atoms with Gasteiger partial charge in [0.15, 0.2) is 5.78 Å². The molecule has 0 aliphatic heterocycles. The van der Waals surface area contributed by atoms with E-state index < -0.39 is 29.2 Å². The molecular weight excluding hydrogens is 387 g/mol. The van der Waals surface area contributed by atoms with E-state index in [0.717, 1.165) is 29.8 Å². The Balaban J connectivity index is 2.30. The molecule has 0 atom stereocenters. The lowest BCUT2D eigenvalue weighted by atomic mass is 9.88. The van der Waals surface area contributed by atoms with Crippen molar-refractivity contribution in [1.82, 2.24) is 0 Å². The molecule has 0 bridgehead atoms. The van der Waals surface area contributed by atoms with Crippen molar-refractivity contribution in [2.45, 2.75) is 26.9 Å². The molecule has 6 heteroatoms. The van der Waals surface area contributed by atoms with Gasteiger partial charge in [-0.15, -0.1) is 0 Å². The molecule has 3 rings (SSSR count). The Labute approximate surface area is 164 Å². The molecule has 0 aliphatic carbocycles. The van der Waals surface area contributed by atoms with Gasteiger partial charge in [0.25, 0.3) is 0 Å². The fourth-order valence-electron chi connectivity index (χ4n) is 3.38. The molecule has 0 unspecified atom stereocenters. The Hall–Kier alpha value is -3.02. The van der Waals surface area contributed by atoms with Crippen LogP contribution in [0.15, 0.2) is 48.5 Å². The van der Waals surface area contributed by atoms with Gasteiger partial charge >= 0.3 is 6.18 Å². The van der Waals surface area contributed by atoms with Crippen molar-refractivity contribution >= 4 is 5.78 Å². The number of halogens is 5. The van der Waals surface area contributed by atoms with Gasteiger partial charge < -0.3 is 0 Å². The van der Waals surface area contributed by atoms with Crippen LogP contribution >= 0.6 is 0 Å². The molecule has 150 valence electrons. The Kier molecular flexibility index (Phi) is 5.30. The van der Waals surface area contributed by atoms with Crippen molar-refractivity contribution in [3.8, 4) is 11.1 Å². The third kappa shape index (κ3) is 4.21. The number of carbonyl (C=O) groups is 1. The number of hydrogen-bond acceptors (Lipinski definition) is 1. The van der Waals surface area contributed by atoms with E-state index in [1.54, 1.807) is 25.1 Å². The molecule has 1 nitrogen and oxygen atoms in total. The second-order valence-electron chi connectivity index (χ2n) is 7.02. The Bertz CT molecular complexity index is 1090. The van der Waals surface area contributed by atoms with Crippen molar-refractivity contribution in [3.63, 3.8) is 0 Å². The highest BCUT2D eigenvalue weighted by molar-refractivity contribution is 6.13. The highest BCUT2D eigenvalue weighted by Crippen LogP contribution is 2.38. The summed E-state index contributed by atoms with van der Waals surface area (Å²) in [6, 6.07) is 9.56. The summed E-state index contributed by atoms with van der Waals surface area (Å²) in [6.07, 6.45) is -4.61. The zero-order valence-corrected chi connectivity index (χ0v) is 15.9. The Morgan fingerprint density at radius 1 is 0.759 bits per heavy atom. The van der Waals surface area contributed by atoms with Crippen molar-refractivity contribution in [2.24, 2.45) is 0 Å². The third-order valence-electron chi connectivity index (χ3n) is 4.71. The molecule has 0 spiro atoms. The molecule has 0 aromatic heterocycles. The van der Waals surface area contributed by atoms with Crippen molar-refractivity contribution < 1.29 is 26.7 Å². The van der Waals surface area contributed by atoms with Crippen molar-refractivity contribution in [2.75, 3.05) is 0 Å². The van der Waals surface area contributed by atoms with Gasteiger partial charge in [-0.2, -0.15) is 13.2 Å². The molecule has 0 heterocycles. The van der Waals surface area contributed by atoms with Crippen LogP contribution in [0.2, 0.25) is 0 Å². The molecule has 0 amide bonds. The van der Waals surface area contributed by atoms with Crippen LogP contribution in [-0.4, -0.2) is 5.78 Å². The van der Waals surface area contributed by atoms with E-state index in [1.807, 2.05) is 6.92 Å². The van der Waals surface area contributed by atoms with Crippen LogP contribution in [0.5, 0.6) is 0 Å². The summed E-state index contributed by atoms with van der Waals surface area (Å²) in [4.78, 5) is 13.0. The number of hydrogen-bond donors (Lipinski definition) is 0. The normalized spacial score (nSPS) is 11.6. The zero-order chi connectivity index (χ0) is 21.5. The first-order chi connectivity index (χ1) is 13.5. The fraction of sp³-hybridized carbons (Fsp3) is 0.174. The smallest absolute Gasteiger partial charge is 0.289 e. The van der Waals surface area contributed by atoms with Crippen LogP contribution < -0.4 is 0 Å². The van der Waals surface area contributed by atoms with Gasteiger partial charge in [0, 0.05) is 17.2 Å². The van der Waals surface area contributed by atoms with Crippen LogP contribution in [0.1, 0.15) is 38.2 Å². The second kappa shape index (κ2) is 7.43. The van der Waals surface area contributed by atoms with Crippen LogP contribution in [-0.2, 0) is 6.18 Å². The van der Waals surface area contributed by atoms with Crippen LogP contribution in [0.3, 0.4) is 0 Å². The molecule has 3 aromatic rings. The Morgan fingerprint density at radius 2 is 1.38 bits per heavy atom. The van der Waals surface area contributed by atoms with E-state index in [0.29, 0.717) is 17.2 Å². The zero-order valence-electron chi connectivity index (χ0n) is 15.9. The van der Waals surface area contributed by atoms with Crippen molar-refractivity contribution in [3.05, 3.63) is 93.5 Å². The summed E-state index contributed by atoms with van der Waals surface area (Å²) in [5, 5.41) is 0. The first-order valence-corrected chi connectivity index (χ1v) is 8.77. The van der Waals surface area contributed by atoms with E-state index >= 15 is 0 Å². The minimum atomic E-state index is -4.61. The molecule has 0 saturated carbocycles. The van der Waals surface area contributed by atoms with Crippen molar-refractivity contribution in [1.29, 1.82) is 0 Å². The lowest BCUT2D eigenvalue weighted by molar-refractivity contribution is -0.138. The molecule has 0 saturated heterocycles. The quantitative estimate of drug-likeness (QED) is 0.346. The predicted molar refractivity (Wildman–Crippen MR) is 101 cm³/mol. The van der Waals surface area contributed by atoms with E-state index in [-0.39, 0.29) is 22.3 Å². The fourth-order valence-corrected chi connectivity index (χ4v) is 3.38. The van der Waals surface area contributed by atoms with E-state index in [2.05, 4.69) is 0 Å². The van der Waals surface area contributed by atoms with E-state index in [9.17, 15) is 26.7 Å². The maximum atomic E-state index is 13.6. The third-order valence-corrected chi connectivity index (χ3v) is 4.71. The number of aryl methyl sites for hydroxylation is 3. The summed E-state index contributed by atoms with van der Waals surface area (Å²) in [6.45, 7) is 4.82. The summed E-state index contributed by atoms with van der Waals surface area (Å²) >= 11 is 0. The van der Waals surface area contributed by atoms with Gasteiger partial charge in [-0.1, -0.05) is 23.8 Å². The first-order valence-electron chi connectivity index (χ1n) is 8.77. The number of benzene rings is 3. The van der Waals surface area contributed by atoms with E-state index in [4.69, 9.17) is 0 Å². The first kappa shape index (κ1) is 20.7. The van der Waals surface area contributed by atoms with Gasteiger partial charge in [0.05, 0.1) is 5.56 Å². The molecule has 0 fully saturated rings. The average Bonchev–Trinajstić information content (AvgIpc) is 2.59.